The molecule has 0 atom stereocenters. The van der Waals surface area contributed by atoms with E-state index in [4.69, 9.17) is 4.42 Å². The molecule has 2 amide bonds. The molecule has 1 aromatic heterocycles. The van der Waals surface area contributed by atoms with E-state index in [-0.39, 0.29) is 17.6 Å². The van der Waals surface area contributed by atoms with Crippen LogP contribution >= 0.6 is 15.9 Å². The Bertz CT molecular complexity index is 668. The second-order valence-electron chi connectivity index (χ2n) is 4.84. The fraction of sp³-hybridized carbons (Fsp3) is 0.250. The molecule has 116 valence electrons. The van der Waals surface area contributed by atoms with Crippen molar-refractivity contribution in [3.05, 3.63) is 52.4 Å². The Morgan fingerprint density at radius 3 is 2.68 bits per heavy atom. The first-order valence-corrected chi connectivity index (χ1v) is 7.64. The van der Waals surface area contributed by atoms with Crippen molar-refractivity contribution >= 4 is 33.4 Å². The Balaban J connectivity index is 1.99. The summed E-state index contributed by atoms with van der Waals surface area (Å²) in [5.41, 5.74) is 1.88. The molecule has 1 N–H and O–H groups in total. The number of nitrogens with one attached hydrogen (secondary N) is 1. The summed E-state index contributed by atoms with van der Waals surface area (Å²) in [4.78, 5) is 25.2. The number of nitrogens with zero attached hydrogens (tertiary/aromatic N) is 1. The second-order valence-corrected chi connectivity index (χ2v) is 5.69. The van der Waals surface area contributed by atoms with Crippen molar-refractivity contribution in [1.82, 2.24) is 5.32 Å². The summed E-state index contributed by atoms with van der Waals surface area (Å²) in [7, 11) is 0. The normalized spacial score (nSPS) is 10.3. The molecule has 1 heterocycles. The number of furan rings is 1. The molecule has 2 aromatic rings. The van der Waals surface area contributed by atoms with Gasteiger partial charge in [-0.1, -0.05) is 22.0 Å². The molecule has 22 heavy (non-hydrogen) atoms. The Morgan fingerprint density at radius 1 is 1.32 bits per heavy atom. The van der Waals surface area contributed by atoms with Gasteiger partial charge in [-0.05, 0) is 36.8 Å². The number of halogens is 1. The average Bonchev–Trinajstić information content (AvgIpc) is 3.00. The van der Waals surface area contributed by atoms with E-state index in [0.717, 1.165) is 15.7 Å². The fourth-order valence-electron chi connectivity index (χ4n) is 1.99. The zero-order chi connectivity index (χ0) is 16.1. The number of anilines is 1. The van der Waals surface area contributed by atoms with Gasteiger partial charge < -0.3 is 14.6 Å². The van der Waals surface area contributed by atoms with Crippen LogP contribution in [0, 0.1) is 6.92 Å². The molecule has 2 rings (SSSR count). The standard InChI is InChI=1S/C16H17BrN2O3/c1-11-5-6-13(10-14(11)17)19(12(2)20)8-7-18-16(21)15-4-3-9-22-15/h3-6,9-10H,7-8H2,1-2H3,(H,18,21). The van der Waals surface area contributed by atoms with Gasteiger partial charge in [0.1, 0.15) is 0 Å². The molecule has 0 aliphatic carbocycles. The highest BCUT2D eigenvalue weighted by atomic mass is 79.9. The van der Waals surface area contributed by atoms with Gasteiger partial charge in [0.05, 0.1) is 6.26 Å². The van der Waals surface area contributed by atoms with Crippen LogP contribution < -0.4 is 10.2 Å². The van der Waals surface area contributed by atoms with Crippen LogP contribution in [0.4, 0.5) is 5.69 Å². The minimum atomic E-state index is -0.293. The zero-order valence-electron chi connectivity index (χ0n) is 12.4. The number of benzene rings is 1. The number of carbonyl (C=O) groups is 2. The van der Waals surface area contributed by atoms with Gasteiger partial charge in [-0.15, -0.1) is 0 Å². The minimum absolute atomic E-state index is 0.0806. The van der Waals surface area contributed by atoms with Gasteiger partial charge in [0.15, 0.2) is 5.76 Å². The van der Waals surface area contributed by atoms with Crippen LogP contribution in [0.3, 0.4) is 0 Å². The van der Waals surface area contributed by atoms with Crippen molar-refractivity contribution in [3.8, 4) is 0 Å². The molecular weight excluding hydrogens is 348 g/mol. The van der Waals surface area contributed by atoms with E-state index in [1.807, 2.05) is 25.1 Å². The Morgan fingerprint density at radius 2 is 2.09 bits per heavy atom. The van der Waals surface area contributed by atoms with Gasteiger partial charge in [-0.2, -0.15) is 0 Å². The van der Waals surface area contributed by atoms with E-state index < -0.39 is 0 Å². The molecule has 5 nitrogen and oxygen atoms in total. The van der Waals surface area contributed by atoms with Crippen LogP contribution in [0.15, 0.2) is 45.5 Å². The van der Waals surface area contributed by atoms with Crippen LogP contribution in [0.2, 0.25) is 0 Å². The lowest BCUT2D eigenvalue weighted by Crippen LogP contribution is -2.37. The molecule has 0 saturated heterocycles. The largest absolute Gasteiger partial charge is 0.459 e. The number of rotatable bonds is 5. The number of amides is 2. The molecule has 1 aromatic carbocycles. The highest BCUT2D eigenvalue weighted by Gasteiger charge is 2.14. The summed E-state index contributed by atoms with van der Waals surface area (Å²) in [6, 6.07) is 8.97. The molecule has 0 aliphatic rings. The molecule has 0 bridgehead atoms. The molecule has 6 heteroatoms. The number of carbonyl (C=O) groups excluding carboxylic acids is 2. The Kier molecular flexibility index (Phi) is 5.38. The third-order valence-corrected chi connectivity index (χ3v) is 4.07. The molecule has 0 radical (unpaired) electrons. The van der Waals surface area contributed by atoms with Crippen molar-refractivity contribution in [1.29, 1.82) is 0 Å². The molecule has 0 spiro atoms. The lowest BCUT2D eigenvalue weighted by atomic mass is 10.2. The average molecular weight is 365 g/mol. The summed E-state index contributed by atoms with van der Waals surface area (Å²) in [5, 5.41) is 2.73. The van der Waals surface area contributed by atoms with E-state index in [1.54, 1.807) is 17.0 Å². The minimum Gasteiger partial charge on any atom is -0.459 e. The van der Waals surface area contributed by atoms with Gasteiger partial charge in [0, 0.05) is 30.2 Å². The van der Waals surface area contributed by atoms with Crippen molar-refractivity contribution < 1.29 is 14.0 Å². The molecular formula is C16H17BrN2O3. The van der Waals surface area contributed by atoms with Gasteiger partial charge in [0.2, 0.25) is 5.91 Å². The van der Waals surface area contributed by atoms with Gasteiger partial charge in [-0.3, -0.25) is 9.59 Å². The SMILES string of the molecule is CC(=O)N(CCNC(=O)c1ccco1)c1ccc(C)c(Br)c1. The Labute approximate surface area is 137 Å². The van der Waals surface area contributed by atoms with E-state index in [2.05, 4.69) is 21.2 Å². The highest BCUT2D eigenvalue weighted by molar-refractivity contribution is 9.10. The van der Waals surface area contributed by atoms with E-state index >= 15 is 0 Å². The predicted molar refractivity (Wildman–Crippen MR) is 87.9 cm³/mol. The monoisotopic (exact) mass is 364 g/mol. The molecule has 0 saturated carbocycles. The molecule has 0 fully saturated rings. The van der Waals surface area contributed by atoms with E-state index in [0.29, 0.717) is 13.1 Å². The van der Waals surface area contributed by atoms with Gasteiger partial charge in [-0.25, -0.2) is 0 Å². The first-order valence-electron chi connectivity index (χ1n) is 6.85. The lowest BCUT2D eigenvalue weighted by molar-refractivity contribution is -0.116. The van der Waals surface area contributed by atoms with Crippen LogP contribution in [0.1, 0.15) is 23.0 Å². The summed E-state index contributed by atoms with van der Waals surface area (Å²) >= 11 is 3.46. The van der Waals surface area contributed by atoms with Gasteiger partial charge >= 0.3 is 0 Å². The third-order valence-electron chi connectivity index (χ3n) is 3.21. The summed E-state index contributed by atoms with van der Waals surface area (Å²) in [6.07, 6.45) is 1.45. The van der Waals surface area contributed by atoms with Crippen LogP contribution in [-0.4, -0.2) is 24.9 Å². The second kappa shape index (κ2) is 7.26. The number of hydrogen-bond donors (Lipinski definition) is 1. The first kappa shape index (κ1) is 16.3. The third kappa shape index (κ3) is 3.98. The first-order chi connectivity index (χ1) is 10.5. The van der Waals surface area contributed by atoms with E-state index in [9.17, 15) is 9.59 Å². The summed E-state index contributed by atoms with van der Waals surface area (Å²) < 4.78 is 5.96. The summed E-state index contributed by atoms with van der Waals surface area (Å²) in [6.45, 7) is 4.21. The lowest BCUT2D eigenvalue weighted by Gasteiger charge is -2.22. The summed E-state index contributed by atoms with van der Waals surface area (Å²) in [5.74, 6) is -0.117. The van der Waals surface area contributed by atoms with Crippen LogP contribution in [-0.2, 0) is 4.79 Å². The number of aryl methyl sites for hydroxylation is 1. The topological polar surface area (TPSA) is 62.6 Å². The maximum Gasteiger partial charge on any atom is 0.287 e. The highest BCUT2D eigenvalue weighted by Crippen LogP contribution is 2.23. The van der Waals surface area contributed by atoms with Crippen molar-refractivity contribution in [2.45, 2.75) is 13.8 Å². The van der Waals surface area contributed by atoms with Crippen molar-refractivity contribution in [2.75, 3.05) is 18.0 Å². The van der Waals surface area contributed by atoms with E-state index in [1.165, 1.54) is 13.2 Å². The zero-order valence-corrected chi connectivity index (χ0v) is 14.0. The fourth-order valence-corrected chi connectivity index (χ4v) is 2.36. The maximum absolute atomic E-state index is 11.8. The van der Waals surface area contributed by atoms with Crippen LogP contribution in [0.25, 0.3) is 0 Å². The molecule has 0 unspecified atom stereocenters. The van der Waals surface area contributed by atoms with Crippen LogP contribution in [0.5, 0.6) is 0 Å². The Hall–Kier alpha value is -2.08. The maximum atomic E-state index is 11.8. The smallest absolute Gasteiger partial charge is 0.287 e. The van der Waals surface area contributed by atoms with Gasteiger partial charge in [0.25, 0.3) is 5.91 Å². The van der Waals surface area contributed by atoms with Crippen molar-refractivity contribution in [2.24, 2.45) is 0 Å². The quantitative estimate of drug-likeness (QED) is 0.886. The predicted octanol–water partition coefficient (Wildman–Crippen LogP) is 3.13. The molecule has 0 aliphatic heterocycles. The van der Waals surface area contributed by atoms with Crippen molar-refractivity contribution in [3.63, 3.8) is 0 Å². The number of hydrogen-bond acceptors (Lipinski definition) is 3.